The monoisotopic (exact) mass is 539 g/mol. The first-order valence-electron chi connectivity index (χ1n) is 11.6. The van der Waals surface area contributed by atoms with Crippen LogP contribution in [-0.2, 0) is 10.0 Å². The van der Waals surface area contributed by atoms with Gasteiger partial charge in [0, 0.05) is 15.5 Å². The molecule has 0 atom stereocenters. The summed E-state index contributed by atoms with van der Waals surface area (Å²) >= 11 is 0. The molecule has 202 valence electrons. The maximum Gasteiger partial charge on any atom is 0.281 e. The van der Waals surface area contributed by atoms with Gasteiger partial charge in [-0.15, -0.1) is 0 Å². The highest BCUT2D eigenvalue weighted by atomic mass is 32.2. The second kappa shape index (κ2) is 10.5. The Balaban J connectivity index is 0.00000280. The zero-order chi connectivity index (χ0) is 27.6. The van der Waals surface area contributed by atoms with Gasteiger partial charge in [0.25, 0.3) is 15.9 Å². The number of hydrogen-bond donors (Lipinski definition) is 2. The van der Waals surface area contributed by atoms with Crippen molar-refractivity contribution in [1.29, 1.82) is 0 Å². The topological polar surface area (TPSA) is 128 Å². The smallest absolute Gasteiger partial charge is 0.281 e. The van der Waals surface area contributed by atoms with Crippen LogP contribution in [-0.4, -0.2) is 36.5 Å². The van der Waals surface area contributed by atoms with E-state index in [2.05, 4.69) is 14.7 Å². The second-order valence-corrected chi connectivity index (χ2v) is 10.4. The van der Waals surface area contributed by atoms with E-state index in [4.69, 9.17) is 9.47 Å². The molecule has 10 heteroatoms. The Morgan fingerprint density at radius 3 is 2.29 bits per heavy atom. The van der Waals surface area contributed by atoms with E-state index in [0.717, 1.165) is 16.7 Å². The van der Waals surface area contributed by atoms with Gasteiger partial charge in [0.2, 0.25) is 5.88 Å². The van der Waals surface area contributed by atoms with Crippen molar-refractivity contribution in [2.75, 3.05) is 7.11 Å². The minimum atomic E-state index is -4.26. The summed E-state index contributed by atoms with van der Waals surface area (Å²) in [6, 6.07) is 16.1. The summed E-state index contributed by atoms with van der Waals surface area (Å²) in [6.45, 7) is 7.35. The maximum atomic E-state index is 13.2. The molecule has 0 saturated heterocycles. The van der Waals surface area contributed by atoms with Gasteiger partial charge in [-0.2, -0.15) is 8.42 Å². The number of phenols is 1. The molecule has 0 spiro atoms. The Kier molecular flexibility index (Phi) is 7.36. The zero-order valence-corrected chi connectivity index (χ0v) is 22.4. The van der Waals surface area contributed by atoms with Crippen LogP contribution < -0.4 is 14.2 Å². The van der Waals surface area contributed by atoms with Gasteiger partial charge < -0.3 is 14.6 Å². The minimum absolute atomic E-state index is 0. The van der Waals surface area contributed by atoms with Crippen LogP contribution in [0.2, 0.25) is 0 Å². The molecule has 0 bridgehead atoms. The number of aromatic nitrogens is 2. The van der Waals surface area contributed by atoms with Gasteiger partial charge in [-0.1, -0.05) is 23.8 Å². The van der Waals surface area contributed by atoms with E-state index in [1.165, 1.54) is 31.4 Å². The van der Waals surface area contributed by atoms with Gasteiger partial charge in [-0.3, -0.25) is 4.79 Å². The van der Waals surface area contributed by atoms with Crippen LogP contribution in [0.25, 0.3) is 11.3 Å². The average molecular weight is 540 g/mol. The summed E-state index contributed by atoms with van der Waals surface area (Å²) in [6.07, 6.45) is 0. The predicted octanol–water partition coefficient (Wildman–Crippen LogP) is 5.74. The largest absolute Gasteiger partial charge is 0.504 e. The number of methoxy groups -OCH3 is 1. The standard InChI is InChI=1S/C28H27N3O6S.3H2/c1-16-13-17(2)26(18(3)14-16)37-28-21(27(33)31-38(34,35)25-8-6-7-19(4)29-25)10-11-22(30-28)20-9-12-24(36-5)23(32)15-20;;;/h6-15,32H,1-5H3,(H,31,33);3*1H. The first-order valence-corrected chi connectivity index (χ1v) is 13.1. The highest BCUT2D eigenvalue weighted by Crippen LogP contribution is 2.35. The number of hydrogen-bond acceptors (Lipinski definition) is 8. The third-order valence-corrected chi connectivity index (χ3v) is 6.98. The number of amides is 1. The van der Waals surface area contributed by atoms with E-state index >= 15 is 0 Å². The Hall–Kier alpha value is -4.44. The van der Waals surface area contributed by atoms with Crippen molar-refractivity contribution < 1.29 is 32.1 Å². The highest BCUT2D eigenvalue weighted by molar-refractivity contribution is 7.90. The Morgan fingerprint density at radius 1 is 0.947 bits per heavy atom. The molecule has 0 saturated carbocycles. The number of ether oxygens (including phenoxy) is 2. The first kappa shape index (κ1) is 26.6. The number of sulfonamides is 1. The number of rotatable bonds is 7. The number of nitrogens with zero attached hydrogens (tertiary/aromatic N) is 2. The molecule has 2 heterocycles. The summed E-state index contributed by atoms with van der Waals surface area (Å²) in [5.41, 5.74) is 4.00. The van der Waals surface area contributed by atoms with Gasteiger partial charge in [-0.05, 0) is 81.3 Å². The zero-order valence-electron chi connectivity index (χ0n) is 21.6. The van der Waals surface area contributed by atoms with Crippen molar-refractivity contribution in [3.05, 3.63) is 88.6 Å². The SMILES string of the molecule is COc1ccc(-c2ccc(C(=O)NS(=O)(=O)c3cccc(C)n3)c(Oc3c(C)cc(C)cc3C)n2)cc1O.[HH].[HH].[HH]. The van der Waals surface area contributed by atoms with E-state index in [0.29, 0.717) is 28.5 Å². The molecule has 2 aromatic heterocycles. The van der Waals surface area contributed by atoms with E-state index < -0.39 is 15.9 Å². The van der Waals surface area contributed by atoms with Gasteiger partial charge in [0.05, 0.1) is 12.8 Å². The molecular weight excluding hydrogens is 506 g/mol. The third-order valence-electron chi connectivity index (χ3n) is 5.75. The minimum Gasteiger partial charge on any atom is -0.504 e. The summed E-state index contributed by atoms with van der Waals surface area (Å²) in [7, 11) is -2.81. The molecule has 0 radical (unpaired) electrons. The fourth-order valence-corrected chi connectivity index (χ4v) is 5.00. The molecule has 0 aliphatic rings. The summed E-state index contributed by atoms with van der Waals surface area (Å²) in [5, 5.41) is 9.95. The number of phenolic OH excluding ortho intramolecular Hbond substituents is 1. The van der Waals surface area contributed by atoms with Crippen LogP contribution in [0.5, 0.6) is 23.1 Å². The number of pyridine rings is 2. The molecule has 0 aliphatic heterocycles. The lowest BCUT2D eigenvalue weighted by Crippen LogP contribution is -2.31. The van der Waals surface area contributed by atoms with Crippen LogP contribution in [0.1, 0.15) is 37.0 Å². The van der Waals surface area contributed by atoms with E-state index in [9.17, 15) is 18.3 Å². The van der Waals surface area contributed by atoms with Crippen LogP contribution in [0, 0.1) is 27.7 Å². The second-order valence-electron chi connectivity index (χ2n) is 8.82. The van der Waals surface area contributed by atoms with Crippen molar-refractivity contribution in [2.24, 2.45) is 0 Å². The fourth-order valence-electron chi connectivity index (χ4n) is 4.02. The van der Waals surface area contributed by atoms with Crippen molar-refractivity contribution in [1.82, 2.24) is 14.7 Å². The van der Waals surface area contributed by atoms with Crippen molar-refractivity contribution in [3.8, 4) is 34.4 Å². The Morgan fingerprint density at radius 2 is 1.66 bits per heavy atom. The summed E-state index contributed by atoms with van der Waals surface area (Å²) in [4.78, 5) is 21.8. The number of benzene rings is 2. The average Bonchev–Trinajstić information content (AvgIpc) is 2.85. The lowest BCUT2D eigenvalue weighted by atomic mass is 10.1. The fraction of sp³-hybridized carbons (Fsp3) is 0.179. The predicted molar refractivity (Wildman–Crippen MR) is 149 cm³/mol. The van der Waals surface area contributed by atoms with Gasteiger partial charge in [-0.25, -0.2) is 14.7 Å². The van der Waals surface area contributed by atoms with E-state index in [1.54, 1.807) is 31.2 Å². The summed E-state index contributed by atoms with van der Waals surface area (Å²) < 4.78 is 39.1. The molecule has 2 aromatic carbocycles. The van der Waals surface area contributed by atoms with Gasteiger partial charge in [0.1, 0.15) is 11.3 Å². The van der Waals surface area contributed by atoms with Gasteiger partial charge >= 0.3 is 0 Å². The number of nitrogens with one attached hydrogen (secondary N) is 1. The highest BCUT2D eigenvalue weighted by Gasteiger charge is 2.25. The Bertz CT molecular complexity index is 1640. The number of aromatic hydroxyl groups is 1. The molecular formula is C28H33N3O6S. The molecule has 0 unspecified atom stereocenters. The molecule has 4 aromatic rings. The van der Waals surface area contributed by atoms with Crippen molar-refractivity contribution >= 4 is 15.9 Å². The molecule has 1 amide bonds. The Labute approximate surface area is 225 Å². The maximum absolute atomic E-state index is 13.2. The van der Waals surface area contributed by atoms with Crippen molar-refractivity contribution in [2.45, 2.75) is 32.7 Å². The van der Waals surface area contributed by atoms with Crippen LogP contribution in [0.4, 0.5) is 0 Å². The first-order chi connectivity index (χ1) is 18.0. The normalized spacial score (nSPS) is 11.2. The molecule has 4 rings (SSSR count). The van der Waals surface area contributed by atoms with Gasteiger partial charge in [0.15, 0.2) is 16.5 Å². The quantitative estimate of drug-likeness (QED) is 0.304. The number of carbonyl (C=O) groups is 1. The lowest BCUT2D eigenvalue weighted by Gasteiger charge is -2.16. The van der Waals surface area contributed by atoms with Crippen molar-refractivity contribution in [3.63, 3.8) is 0 Å². The lowest BCUT2D eigenvalue weighted by molar-refractivity contribution is 0.0978. The molecule has 0 aliphatic carbocycles. The van der Waals surface area contributed by atoms with Crippen LogP contribution >= 0.6 is 0 Å². The third kappa shape index (κ3) is 5.60. The molecule has 0 fully saturated rings. The van der Waals surface area contributed by atoms with Crippen LogP contribution in [0.15, 0.2) is 65.7 Å². The summed E-state index contributed by atoms with van der Waals surface area (Å²) in [5.74, 6) is -0.324. The molecule has 2 N–H and O–H groups in total. The number of carbonyl (C=O) groups excluding carboxylic acids is 1. The van der Waals surface area contributed by atoms with E-state index in [1.807, 2.05) is 32.9 Å². The molecule has 9 nitrogen and oxygen atoms in total. The van der Waals surface area contributed by atoms with E-state index in [-0.39, 0.29) is 26.5 Å². The van der Waals surface area contributed by atoms with Crippen LogP contribution in [0.3, 0.4) is 0 Å². The molecule has 38 heavy (non-hydrogen) atoms. The number of aryl methyl sites for hydroxylation is 4.